The van der Waals surface area contributed by atoms with Gasteiger partial charge >= 0.3 is 0 Å². The van der Waals surface area contributed by atoms with Crippen LogP contribution in [0.4, 0.5) is 0 Å². The molecule has 2 aromatic rings. The maximum atomic E-state index is 11.2. The average Bonchev–Trinajstić information content (AvgIpc) is 2.87. The second-order valence-electron chi connectivity index (χ2n) is 3.51. The molecule has 0 aliphatic carbocycles. The fraction of sp³-hybridized carbons (Fsp3) is 0.0909. The van der Waals surface area contributed by atoms with Gasteiger partial charge in [0, 0.05) is 11.5 Å². The maximum absolute atomic E-state index is 11.2. The molecule has 0 unspecified atom stereocenters. The minimum atomic E-state index is -0.695. The van der Waals surface area contributed by atoms with Crippen LogP contribution in [-0.4, -0.2) is 17.0 Å². The molecular weight excluding hydrogens is 244 g/mol. The number of carbonyl (C=O) groups is 1. The third-order valence-corrected chi connectivity index (χ3v) is 2.79. The number of H-pyrrole nitrogens is 1. The summed E-state index contributed by atoms with van der Waals surface area (Å²) >= 11 is 5.40. The van der Waals surface area contributed by atoms with Crippen molar-refractivity contribution in [1.82, 2.24) is 4.98 Å². The average molecular weight is 249 g/mol. The number of hydrogen-bond acceptors (Lipinski definition) is 4. The zero-order chi connectivity index (χ0) is 12.0. The van der Waals surface area contributed by atoms with E-state index in [0.29, 0.717) is 22.4 Å². The minimum absolute atomic E-state index is 0.0906. The van der Waals surface area contributed by atoms with E-state index in [1.807, 2.05) is 6.07 Å². The number of fused-ring (bicyclic) bond motifs is 2. The molecule has 17 heavy (non-hydrogen) atoms. The smallest absolute Gasteiger partial charge is 0.270 e. The monoisotopic (exact) mass is 248 g/mol. The SMILES string of the molecule is N#Cc1c(C(=O)Cl)[nH]c2cc3c(cc12)OCO3. The Labute approximate surface area is 100 Å². The Morgan fingerprint density at radius 1 is 1.41 bits per heavy atom. The zero-order valence-electron chi connectivity index (χ0n) is 8.41. The van der Waals surface area contributed by atoms with E-state index in [9.17, 15) is 4.79 Å². The van der Waals surface area contributed by atoms with Gasteiger partial charge in [0.2, 0.25) is 6.79 Å². The first-order valence-corrected chi connectivity index (χ1v) is 5.13. The molecule has 2 heterocycles. The quantitative estimate of drug-likeness (QED) is 0.785. The lowest BCUT2D eigenvalue weighted by Gasteiger charge is -1.95. The minimum Gasteiger partial charge on any atom is -0.454 e. The van der Waals surface area contributed by atoms with Gasteiger partial charge in [-0.1, -0.05) is 0 Å². The van der Waals surface area contributed by atoms with Gasteiger partial charge in [0.1, 0.15) is 11.8 Å². The zero-order valence-corrected chi connectivity index (χ0v) is 9.17. The molecule has 1 aliphatic rings. The number of aromatic amines is 1. The topological polar surface area (TPSA) is 75.1 Å². The van der Waals surface area contributed by atoms with E-state index in [4.69, 9.17) is 26.3 Å². The highest BCUT2D eigenvalue weighted by molar-refractivity contribution is 6.67. The number of nitrogens with zero attached hydrogens (tertiary/aromatic N) is 1. The highest BCUT2D eigenvalue weighted by Crippen LogP contribution is 2.37. The van der Waals surface area contributed by atoms with E-state index in [1.54, 1.807) is 12.1 Å². The van der Waals surface area contributed by atoms with E-state index < -0.39 is 5.24 Å². The van der Waals surface area contributed by atoms with Crippen molar-refractivity contribution >= 4 is 27.7 Å². The summed E-state index contributed by atoms with van der Waals surface area (Å²) in [5, 5.41) is 8.95. The standard InChI is InChI=1S/C11H5ClN2O3/c12-11(15)10-6(3-13)5-1-8-9(17-4-16-8)2-7(5)14-10/h1-2,14H,4H2. The molecular formula is C11H5ClN2O3. The summed E-state index contributed by atoms with van der Waals surface area (Å²) in [6.07, 6.45) is 0. The summed E-state index contributed by atoms with van der Waals surface area (Å²) in [5.41, 5.74) is 0.931. The number of halogens is 1. The van der Waals surface area contributed by atoms with Crippen LogP contribution in [-0.2, 0) is 0 Å². The number of benzene rings is 1. The van der Waals surface area contributed by atoms with Crippen LogP contribution in [0, 0.1) is 11.3 Å². The molecule has 0 atom stereocenters. The molecule has 0 radical (unpaired) electrons. The molecule has 6 heteroatoms. The molecule has 0 bridgehead atoms. The number of nitriles is 1. The molecule has 5 nitrogen and oxygen atoms in total. The third-order valence-electron chi connectivity index (χ3n) is 2.60. The largest absolute Gasteiger partial charge is 0.454 e. The van der Waals surface area contributed by atoms with Crippen LogP contribution < -0.4 is 9.47 Å². The van der Waals surface area contributed by atoms with Crippen LogP contribution in [0.1, 0.15) is 16.1 Å². The van der Waals surface area contributed by atoms with Crippen LogP contribution in [0.15, 0.2) is 12.1 Å². The highest BCUT2D eigenvalue weighted by Gasteiger charge is 2.21. The molecule has 84 valence electrons. The Bertz CT molecular complexity index is 684. The van der Waals surface area contributed by atoms with E-state index >= 15 is 0 Å². The Kier molecular flexibility index (Phi) is 2.00. The van der Waals surface area contributed by atoms with E-state index in [-0.39, 0.29) is 18.1 Å². The number of aromatic nitrogens is 1. The first kappa shape index (κ1) is 10.00. The molecule has 0 amide bonds. The molecule has 0 fully saturated rings. The predicted octanol–water partition coefficient (Wildman–Crippen LogP) is 2.15. The van der Waals surface area contributed by atoms with Crippen LogP contribution in [0.25, 0.3) is 10.9 Å². The van der Waals surface area contributed by atoms with Crippen molar-refractivity contribution in [3.8, 4) is 17.6 Å². The molecule has 0 saturated heterocycles. The summed E-state index contributed by atoms with van der Waals surface area (Å²) in [5.74, 6) is 1.14. The van der Waals surface area contributed by atoms with Gasteiger partial charge in [0.05, 0.1) is 11.1 Å². The van der Waals surface area contributed by atoms with Crippen LogP contribution >= 0.6 is 11.6 Å². The molecule has 3 rings (SSSR count). The molecule has 1 aromatic carbocycles. The van der Waals surface area contributed by atoms with Crippen molar-refractivity contribution in [3.63, 3.8) is 0 Å². The third kappa shape index (κ3) is 1.35. The predicted molar refractivity (Wildman–Crippen MR) is 59.3 cm³/mol. The van der Waals surface area contributed by atoms with Gasteiger partial charge in [-0.05, 0) is 17.7 Å². The van der Waals surface area contributed by atoms with Crippen LogP contribution in [0.5, 0.6) is 11.5 Å². The number of nitrogens with one attached hydrogen (secondary N) is 1. The lowest BCUT2D eigenvalue weighted by atomic mass is 10.1. The second kappa shape index (κ2) is 3.40. The van der Waals surface area contributed by atoms with Crippen molar-refractivity contribution in [2.45, 2.75) is 0 Å². The normalized spacial score (nSPS) is 12.7. The van der Waals surface area contributed by atoms with Gasteiger partial charge in [-0.2, -0.15) is 5.26 Å². The van der Waals surface area contributed by atoms with E-state index in [0.717, 1.165) is 0 Å². The van der Waals surface area contributed by atoms with Gasteiger partial charge < -0.3 is 14.5 Å². The summed E-state index contributed by atoms with van der Waals surface area (Å²) in [4.78, 5) is 14.0. The van der Waals surface area contributed by atoms with E-state index in [2.05, 4.69) is 4.98 Å². The van der Waals surface area contributed by atoms with Crippen molar-refractivity contribution in [2.75, 3.05) is 6.79 Å². The second-order valence-corrected chi connectivity index (χ2v) is 3.85. The van der Waals surface area contributed by atoms with Gasteiger partial charge in [-0.15, -0.1) is 0 Å². The summed E-state index contributed by atoms with van der Waals surface area (Å²) < 4.78 is 10.4. The van der Waals surface area contributed by atoms with Crippen LogP contribution in [0.2, 0.25) is 0 Å². The lowest BCUT2D eigenvalue weighted by molar-refractivity contribution is 0.107. The summed E-state index contributed by atoms with van der Waals surface area (Å²) in [6.45, 7) is 0.158. The van der Waals surface area contributed by atoms with Crippen molar-refractivity contribution in [3.05, 3.63) is 23.4 Å². The Hall–Kier alpha value is -2.19. The Balaban J connectivity index is 2.36. The van der Waals surface area contributed by atoms with Crippen molar-refractivity contribution in [2.24, 2.45) is 0 Å². The first-order chi connectivity index (χ1) is 8.20. The molecule has 0 saturated carbocycles. The Morgan fingerprint density at radius 2 is 2.12 bits per heavy atom. The maximum Gasteiger partial charge on any atom is 0.270 e. The number of hydrogen-bond donors (Lipinski definition) is 1. The number of rotatable bonds is 1. The molecule has 0 spiro atoms. The summed E-state index contributed by atoms with van der Waals surface area (Å²) in [6, 6.07) is 5.30. The highest BCUT2D eigenvalue weighted by atomic mass is 35.5. The number of carbonyl (C=O) groups excluding carboxylic acids is 1. The van der Waals surface area contributed by atoms with Gasteiger partial charge in [-0.3, -0.25) is 4.79 Å². The van der Waals surface area contributed by atoms with E-state index in [1.165, 1.54) is 0 Å². The first-order valence-electron chi connectivity index (χ1n) is 4.76. The van der Waals surface area contributed by atoms with Crippen molar-refractivity contribution in [1.29, 1.82) is 5.26 Å². The molecule has 1 aliphatic heterocycles. The lowest BCUT2D eigenvalue weighted by Crippen LogP contribution is -1.93. The molecule has 1 N–H and O–H groups in total. The van der Waals surface area contributed by atoms with Gasteiger partial charge in [0.15, 0.2) is 11.5 Å². The van der Waals surface area contributed by atoms with Crippen molar-refractivity contribution < 1.29 is 14.3 Å². The fourth-order valence-corrected chi connectivity index (χ4v) is 1.99. The summed E-state index contributed by atoms with van der Waals surface area (Å²) in [7, 11) is 0. The Morgan fingerprint density at radius 3 is 2.76 bits per heavy atom. The fourth-order valence-electron chi connectivity index (χ4n) is 1.85. The van der Waals surface area contributed by atoms with Crippen LogP contribution in [0.3, 0.4) is 0 Å². The number of ether oxygens (including phenoxy) is 2. The van der Waals surface area contributed by atoms with Gasteiger partial charge in [0.25, 0.3) is 5.24 Å². The van der Waals surface area contributed by atoms with Gasteiger partial charge in [-0.25, -0.2) is 0 Å². The molecule has 1 aromatic heterocycles.